The first kappa shape index (κ1) is 19.5. The van der Waals surface area contributed by atoms with Gasteiger partial charge in [0.15, 0.2) is 16.8 Å². The molecular weight excluding hydrogens is 388 g/mol. The molecule has 4 rings (SSSR count). The highest BCUT2D eigenvalue weighted by molar-refractivity contribution is 7.78. The van der Waals surface area contributed by atoms with E-state index in [9.17, 15) is 13.6 Å². The Hall–Kier alpha value is -2.84. The van der Waals surface area contributed by atoms with E-state index in [1.54, 1.807) is 0 Å². The van der Waals surface area contributed by atoms with E-state index in [0.717, 1.165) is 47.2 Å². The average molecular weight is 410 g/mol. The number of hydrogen-bond acceptors (Lipinski definition) is 5. The van der Waals surface area contributed by atoms with Gasteiger partial charge in [-0.1, -0.05) is 30.3 Å². The molecule has 1 amide bonds. The Morgan fingerprint density at radius 3 is 2.66 bits per heavy atom. The minimum Gasteiger partial charge on any atom is -0.366 e. The molecule has 0 aliphatic heterocycles. The van der Waals surface area contributed by atoms with Crippen LogP contribution in [0, 0.1) is 0 Å². The van der Waals surface area contributed by atoms with Gasteiger partial charge in [-0.05, 0) is 48.6 Å². The smallest absolute Gasteiger partial charge is 0.271 e. The van der Waals surface area contributed by atoms with Gasteiger partial charge in [-0.2, -0.15) is 0 Å². The summed E-state index contributed by atoms with van der Waals surface area (Å²) in [5.74, 6) is -0.537. The maximum Gasteiger partial charge on any atom is 0.271 e. The molecule has 8 heteroatoms. The lowest BCUT2D eigenvalue weighted by atomic mass is 9.98. The van der Waals surface area contributed by atoms with Gasteiger partial charge in [0.1, 0.15) is 0 Å². The Morgan fingerprint density at radius 1 is 1.24 bits per heavy atom. The van der Waals surface area contributed by atoms with E-state index in [0.29, 0.717) is 11.6 Å². The number of carbonyl (C=O) groups excluding carboxylic acids is 1. The van der Waals surface area contributed by atoms with Crippen LogP contribution >= 0.6 is 0 Å². The van der Waals surface area contributed by atoms with E-state index in [1.807, 2.05) is 42.5 Å². The molecule has 1 saturated carbocycles. The van der Waals surface area contributed by atoms with Crippen LogP contribution in [0.1, 0.15) is 35.8 Å². The number of nitrogens with zero attached hydrogens (tertiary/aromatic N) is 3. The molecule has 1 unspecified atom stereocenters. The van der Waals surface area contributed by atoms with Crippen LogP contribution < -0.4 is 10.6 Å². The summed E-state index contributed by atoms with van der Waals surface area (Å²) in [6.45, 7) is 2.80. The van der Waals surface area contributed by atoms with Crippen LogP contribution in [0.5, 0.6) is 0 Å². The molecule has 7 nitrogen and oxygen atoms in total. The van der Waals surface area contributed by atoms with Crippen molar-refractivity contribution < 1.29 is 13.6 Å². The van der Waals surface area contributed by atoms with E-state index < -0.39 is 17.0 Å². The Morgan fingerprint density at radius 2 is 2.00 bits per heavy atom. The van der Waals surface area contributed by atoms with Crippen LogP contribution in [-0.2, 0) is 16.8 Å². The highest BCUT2D eigenvalue weighted by Gasteiger charge is 2.32. The Kier molecular flexibility index (Phi) is 5.29. The van der Waals surface area contributed by atoms with Crippen LogP contribution in [0.4, 0.5) is 5.69 Å². The number of aromatic nitrogens is 2. The second-order valence-electron chi connectivity index (χ2n) is 7.13. The number of primary amides is 1. The largest absolute Gasteiger partial charge is 0.366 e. The molecule has 3 aromatic rings. The van der Waals surface area contributed by atoms with Crippen molar-refractivity contribution in [3.8, 4) is 11.1 Å². The van der Waals surface area contributed by atoms with Crippen molar-refractivity contribution >= 4 is 33.6 Å². The summed E-state index contributed by atoms with van der Waals surface area (Å²) in [5, 5.41) is 9.21. The van der Waals surface area contributed by atoms with Gasteiger partial charge in [-0.25, -0.2) is 4.21 Å². The van der Waals surface area contributed by atoms with Gasteiger partial charge in [0, 0.05) is 18.0 Å². The van der Waals surface area contributed by atoms with Crippen LogP contribution in [0.2, 0.25) is 0 Å². The molecule has 0 spiro atoms. The maximum absolute atomic E-state index is 12.0. The monoisotopic (exact) mass is 410 g/mol. The third kappa shape index (κ3) is 3.86. The lowest BCUT2D eigenvalue weighted by Gasteiger charge is -2.25. The zero-order valence-electron chi connectivity index (χ0n) is 16.0. The number of anilines is 1. The summed E-state index contributed by atoms with van der Waals surface area (Å²) >= 11 is -1.93. The second kappa shape index (κ2) is 7.88. The van der Waals surface area contributed by atoms with Gasteiger partial charge in [0.2, 0.25) is 0 Å². The first-order valence-electron chi connectivity index (χ1n) is 9.52. The summed E-state index contributed by atoms with van der Waals surface area (Å²) in [7, 11) is 0. The van der Waals surface area contributed by atoms with Gasteiger partial charge in [-0.15, -0.1) is 10.2 Å². The maximum atomic E-state index is 12.0. The Balaban J connectivity index is 1.87. The Labute approximate surface area is 171 Å². The topological polar surface area (TPSA) is 109 Å². The molecule has 1 aliphatic rings. The van der Waals surface area contributed by atoms with E-state index in [2.05, 4.69) is 22.0 Å². The van der Waals surface area contributed by atoms with Crippen molar-refractivity contribution in [1.82, 2.24) is 10.2 Å². The van der Waals surface area contributed by atoms with Crippen molar-refractivity contribution in [1.29, 1.82) is 0 Å². The van der Waals surface area contributed by atoms with Crippen molar-refractivity contribution in [3.63, 3.8) is 0 Å². The molecular formula is C21H22N4O3S. The van der Waals surface area contributed by atoms with Crippen LogP contribution in [-0.4, -0.2) is 37.5 Å². The summed E-state index contributed by atoms with van der Waals surface area (Å²) in [5.41, 5.74) is 9.69. The SMILES string of the molecule is CCN(c1c(C(N)=O)nnc2cc(-c3ccccc3CS(=O)O)ccc12)C1CC1. The van der Waals surface area contributed by atoms with E-state index >= 15 is 0 Å². The summed E-state index contributed by atoms with van der Waals surface area (Å²) in [6.07, 6.45) is 2.17. The highest BCUT2D eigenvalue weighted by Crippen LogP contribution is 2.38. The molecule has 3 N–H and O–H groups in total. The minimum atomic E-state index is -1.93. The standard InChI is InChI=1S/C21H22N4O3S/c1-2-25(15-8-9-15)20-17-10-7-13(11-18(17)23-24-19(20)21(22)26)16-6-4-3-5-14(16)12-29(27)28/h3-7,10-11,15H,2,8-9,12H2,1H3,(H2,22,26)(H,27,28). The van der Waals surface area contributed by atoms with Gasteiger partial charge in [0.25, 0.3) is 5.91 Å². The molecule has 1 aliphatic carbocycles. The van der Waals surface area contributed by atoms with Gasteiger partial charge in [-0.3, -0.25) is 4.79 Å². The summed E-state index contributed by atoms with van der Waals surface area (Å²) < 4.78 is 20.6. The number of amides is 1. The molecule has 0 bridgehead atoms. The fourth-order valence-electron chi connectivity index (χ4n) is 3.76. The average Bonchev–Trinajstić information content (AvgIpc) is 3.53. The summed E-state index contributed by atoms with van der Waals surface area (Å²) in [4.78, 5) is 14.2. The number of fused-ring (bicyclic) bond motifs is 1. The molecule has 1 fully saturated rings. The third-order valence-corrected chi connectivity index (χ3v) is 5.75. The predicted octanol–water partition coefficient (Wildman–Crippen LogP) is 3.11. The molecule has 0 saturated heterocycles. The fourth-order valence-corrected chi connectivity index (χ4v) is 4.28. The molecule has 1 atom stereocenters. The first-order valence-corrected chi connectivity index (χ1v) is 10.8. The van der Waals surface area contributed by atoms with Crippen LogP contribution in [0.25, 0.3) is 22.0 Å². The highest BCUT2D eigenvalue weighted by atomic mass is 32.2. The molecule has 0 radical (unpaired) electrons. The van der Waals surface area contributed by atoms with Crippen molar-refractivity contribution in [2.75, 3.05) is 11.4 Å². The molecule has 2 aromatic carbocycles. The number of benzene rings is 2. The van der Waals surface area contributed by atoms with Gasteiger partial charge >= 0.3 is 0 Å². The zero-order valence-corrected chi connectivity index (χ0v) is 16.9. The number of carbonyl (C=O) groups is 1. The molecule has 29 heavy (non-hydrogen) atoms. The zero-order chi connectivity index (χ0) is 20.5. The lowest BCUT2D eigenvalue weighted by Crippen LogP contribution is -2.29. The van der Waals surface area contributed by atoms with Crippen molar-refractivity contribution in [2.45, 2.75) is 31.6 Å². The second-order valence-corrected chi connectivity index (χ2v) is 8.07. The van der Waals surface area contributed by atoms with Crippen LogP contribution in [0.3, 0.4) is 0 Å². The first-order chi connectivity index (χ1) is 14.0. The van der Waals surface area contributed by atoms with Crippen molar-refractivity contribution in [2.24, 2.45) is 5.73 Å². The van der Waals surface area contributed by atoms with E-state index in [1.165, 1.54) is 0 Å². The fraction of sp³-hybridized carbons (Fsp3) is 0.286. The third-order valence-electron chi connectivity index (χ3n) is 5.19. The molecule has 150 valence electrons. The minimum absolute atomic E-state index is 0.0526. The summed E-state index contributed by atoms with van der Waals surface area (Å²) in [6, 6.07) is 13.7. The normalized spacial score (nSPS) is 14.7. The van der Waals surface area contributed by atoms with E-state index in [-0.39, 0.29) is 11.4 Å². The number of rotatable bonds is 7. The van der Waals surface area contributed by atoms with E-state index in [4.69, 9.17) is 5.73 Å². The van der Waals surface area contributed by atoms with Crippen LogP contribution in [0.15, 0.2) is 42.5 Å². The predicted molar refractivity (Wildman–Crippen MR) is 114 cm³/mol. The van der Waals surface area contributed by atoms with Gasteiger partial charge in [0.05, 0.1) is 17.0 Å². The lowest BCUT2D eigenvalue weighted by molar-refractivity contribution is 0.0995. The molecule has 1 heterocycles. The molecule has 1 aromatic heterocycles. The quantitative estimate of drug-likeness (QED) is 0.579. The van der Waals surface area contributed by atoms with Crippen molar-refractivity contribution in [3.05, 3.63) is 53.7 Å². The Bertz CT molecular complexity index is 1110. The number of hydrogen-bond donors (Lipinski definition) is 2. The number of nitrogens with two attached hydrogens (primary N) is 1. The van der Waals surface area contributed by atoms with Gasteiger partial charge < -0.3 is 15.2 Å².